The highest BCUT2D eigenvalue weighted by Gasteiger charge is 2.24. The number of carbonyl (C=O) groups excluding carboxylic acids is 1. The molecule has 1 saturated heterocycles. The zero-order valence-electron chi connectivity index (χ0n) is 9.68. The number of nitrogens with one attached hydrogen (secondary N) is 1. The van der Waals surface area contributed by atoms with E-state index in [4.69, 9.17) is 5.73 Å². The molecule has 94 valence electrons. The van der Waals surface area contributed by atoms with Crippen LogP contribution in [0.2, 0.25) is 0 Å². The molecule has 6 nitrogen and oxygen atoms in total. The average molecular weight is 256 g/mol. The molecule has 2 heterocycles. The molecule has 0 bridgehead atoms. The second kappa shape index (κ2) is 5.33. The lowest BCUT2D eigenvalue weighted by atomic mass is 10.3. The minimum absolute atomic E-state index is 0.174. The standard InChI is InChI=1S/C10H16N4O2S/c1-16-10(15)13-7-2-3-14(5-7)6-8-4-12-9(11)17-8/h4,7H,2-3,5-6H2,1H3,(H2,11,12)(H,13,15). The first-order chi connectivity index (χ1) is 8.17. The molecule has 0 aromatic carbocycles. The largest absolute Gasteiger partial charge is 0.453 e. The lowest BCUT2D eigenvalue weighted by Gasteiger charge is -2.14. The number of likely N-dealkylation sites (tertiary alicyclic amines) is 1. The van der Waals surface area contributed by atoms with Crippen molar-refractivity contribution in [1.82, 2.24) is 15.2 Å². The zero-order chi connectivity index (χ0) is 12.3. The van der Waals surface area contributed by atoms with Crippen LogP contribution in [0.1, 0.15) is 11.3 Å². The normalized spacial score (nSPS) is 20.4. The lowest BCUT2D eigenvalue weighted by Crippen LogP contribution is -2.36. The molecule has 0 saturated carbocycles. The minimum Gasteiger partial charge on any atom is -0.453 e. The first-order valence-corrected chi connectivity index (χ1v) is 6.26. The predicted octanol–water partition coefficient (Wildman–Crippen LogP) is 0.656. The maximum absolute atomic E-state index is 11.1. The van der Waals surface area contributed by atoms with Gasteiger partial charge in [-0.05, 0) is 6.42 Å². The van der Waals surface area contributed by atoms with Gasteiger partial charge in [-0.25, -0.2) is 9.78 Å². The van der Waals surface area contributed by atoms with Crippen molar-refractivity contribution in [2.24, 2.45) is 0 Å². The van der Waals surface area contributed by atoms with E-state index in [-0.39, 0.29) is 12.1 Å². The van der Waals surface area contributed by atoms with Crippen LogP contribution in [0.15, 0.2) is 6.20 Å². The van der Waals surface area contributed by atoms with E-state index in [9.17, 15) is 4.79 Å². The van der Waals surface area contributed by atoms with Crippen LogP contribution in [0.4, 0.5) is 9.93 Å². The fourth-order valence-corrected chi connectivity index (χ4v) is 2.66. The third-order valence-corrected chi connectivity index (χ3v) is 3.54. The molecular formula is C10H16N4O2S. The van der Waals surface area contributed by atoms with E-state index in [1.807, 2.05) is 0 Å². The summed E-state index contributed by atoms with van der Waals surface area (Å²) in [6.45, 7) is 2.65. The van der Waals surface area contributed by atoms with Crippen molar-refractivity contribution in [3.05, 3.63) is 11.1 Å². The summed E-state index contributed by atoms with van der Waals surface area (Å²) in [6.07, 6.45) is 2.39. The number of ether oxygens (including phenoxy) is 1. The zero-order valence-corrected chi connectivity index (χ0v) is 10.5. The Morgan fingerprint density at radius 1 is 1.82 bits per heavy atom. The number of amides is 1. The van der Waals surface area contributed by atoms with E-state index >= 15 is 0 Å². The highest BCUT2D eigenvalue weighted by molar-refractivity contribution is 7.15. The fourth-order valence-electron chi connectivity index (χ4n) is 1.94. The Morgan fingerprint density at radius 3 is 3.29 bits per heavy atom. The number of alkyl carbamates (subject to hydrolysis) is 1. The minimum atomic E-state index is -0.362. The molecule has 1 aromatic heterocycles. The number of nitrogen functional groups attached to an aromatic ring is 1. The van der Waals surface area contributed by atoms with E-state index in [2.05, 4.69) is 19.9 Å². The number of rotatable bonds is 3. The second-order valence-electron chi connectivity index (χ2n) is 4.02. The summed E-state index contributed by atoms with van der Waals surface area (Å²) in [5.74, 6) is 0. The van der Waals surface area contributed by atoms with Gasteiger partial charge in [0.1, 0.15) is 0 Å². The summed E-state index contributed by atoms with van der Waals surface area (Å²) in [4.78, 5) is 18.5. The average Bonchev–Trinajstić information content (AvgIpc) is 2.89. The Kier molecular flexibility index (Phi) is 3.80. The van der Waals surface area contributed by atoms with E-state index < -0.39 is 0 Å². The second-order valence-corrected chi connectivity index (χ2v) is 5.17. The van der Waals surface area contributed by atoms with Gasteiger partial charge in [0.25, 0.3) is 0 Å². The number of nitrogens with zero attached hydrogens (tertiary/aromatic N) is 2. The molecule has 1 aliphatic rings. The number of thiazole rings is 1. The molecule has 3 N–H and O–H groups in total. The van der Waals surface area contributed by atoms with Gasteiger partial charge in [0.15, 0.2) is 5.13 Å². The monoisotopic (exact) mass is 256 g/mol. The van der Waals surface area contributed by atoms with Crippen molar-refractivity contribution < 1.29 is 9.53 Å². The Hall–Kier alpha value is -1.34. The van der Waals surface area contributed by atoms with Gasteiger partial charge in [-0.15, -0.1) is 11.3 Å². The summed E-state index contributed by atoms with van der Waals surface area (Å²) in [5, 5.41) is 3.41. The van der Waals surface area contributed by atoms with Crippen LogP contribution in [0, 0.1) is 0 Å². The summed E-state index contributed by atoms with van der Waals surface area (Å²) in [6, 6.07) is 0.174. The molecule has 1 aliphatic heterocycles. The molecule has 0 aliphatic carbocycles. The van der Waals surface area contributed by atoms with Crippen molar-refractivity contribution in [3.63, 3.8) is 0 Å². The molecule has 1 atom stereocenters. The van der Waals surface area contributed by atoms with Crippen molar-refractivity contribution in [1.29, 1.82) is 0 Å². The molecule has 0 spiro atoms. The number of methoxy groups -OCH3 is 1. The van der Waals surface area contributed by atoms with Crippen LogP contribution in [0.3, 0.4) is 0 Å². The van der Waals surface area contributed by atoms with Crippen LogP contribution in [0.5, 0.6) is 0 Å². The van der Waals surface area contributed by atoms with E-state index in [1.54, 1.807) is 6.20 Å². The Labute approximate surface area is 104 Å². The molecule has 7 heteroatoms. The lowest BCUT2D eigenvalue weighted by molar-refractivity contribution is 0.166. The SMILES string of the molecule is COC(=O)NC1CCN(Cc2cnc(N)s2)C1. The Morgan fingerprint density at radius 2 is 2.65 bits per heavy atom. The Bertz CT molecular complexity index is 395. The summed E-state index contributed by atoms with van der Waals surface area (Å²) in [5.41, 5.74) is 5.58. The van der Waals surface area contributed by atoms with E-state index in [1.165, 1.54) is 18.4 Å². The predicted molar refractivity (Wildman–Crippen MR) is 65.7 cm³/mol. The molecule has 1 fully saturated rings. The first kappa shape index (κ1) is 12.1. The first-order valence-electron chi connectivity index (χ1n) is 5.44. The molecule has 1 unspecified atom stereocenters. The molecule has 17 heavy (non-hydrogen) atoms. The Balaban J connectivity index is 1.80. The number of hydrogen-bond donors (Lipinski definition) is 2. The molecule has 1 amide bonds. The van der Waals surface area contributed by atoms with Crippen LogP contribution >= 0.6 is 11.3 Å². The third-order valence-electron chi connectivity index (χ3n) is 2.73. The van der Waals surface area contributed by atoms with Gasteiger partial charge in [-0.2, -0.15) is 0 Å². The van der Waals surface area contributed by atoms with Gasteiger partial charge in [0, 0.05) is 36.8 Å². The maximum atomic E-state index is 11.1. The van der Waals surface area contributed by atoms with Crippen molar-refractivity contribution >= 4 is 22.6 Å². The van der Waals surface area contributed by atoms with Crippen molar-refractivity contribution in [2.75, 3.05) is 25.9 Å². The van der Waals surface area contributed by atoms with Crippen molar-refractivity contribution in [3.8, 4) is 0 Å². The highest BCUT2D eigenvalue weighted by atomic mass is 32.1. The molecular weight excluding hydrogens is 240 g/mol. The maximum Gasteiger partial charge on any atom is 0.407 e. The molecule has 0 radical (unpaired) electrons. The number of hydrogen-bond acceptors (Lipinski definition) is 6. The smallest absolute Gasteiger partial charge is 0.407 e. The molecule has 1 aromatic rings. The molecule has 2 rings (SSSR count). The number of aromatic nitrogens is 1. The van der Waals surface area contributed by atoms with Gasteiger partial charge in [-0.1, -0.05) is 0 Å². The topological polar surface area (TPSA) is 80.5 Å². The van der Waals surface area contributed by atoms with E-state index in [0.29, 0.717) is 5.13 Å². The van der Waals surface area contributed by atoms with Gasteiger partial charge in [-0.3, -0.25) is 4.90 Å². The quantitative estimate of drug-likeness (QED) is 0.830. The highest BCUT2D eigenvalue weighted by Crippen LogP contribution is 2.19. The summed E-state index contributed by atoms with van der Waals surface area (Å²) >= 11 is 1.51. The van der Waals surface area contributed by atoms with Crippen LogP contribution < -0.4 is 11.1 Å². The van der Waals surface area contributed by atoms with Crippen LogP contribution in [0.25, 0.3) is 0 Å². The number of anilines is 1. The van der Waals surface area contributed by atoms with Gasteiger partial charge < -0.3 is 15.8 Å². The fraction of sp³-hybridized carbons (Fsp3) is 0.600. The van der Waals surface area contributed by atoms with Gasteiger partial charge in [0.2, 0.25) is 0 Å². The number of carbonyl (C=O) groups is 1. The van der Waals surface area contributed by atoms with E-state index in [0.717, 1.165) is 30.9 Å². The van der Waals surface area contributed by atoms with Crippen molar-refractivity contribution in [2.45, 2.75) is 19.0 Å². The summed E-state index contributed by atoms with van der Waals surface area (Å²) < 4.78 is 4.58. The number of nitrogens with two attached hydrogens (primary N) is 1. The van der Waals surface area contributed by atoms with Gasteiger partial charge >= 0.3 is 6.09 Å². The van der Waals surface area contributed by atoms with Crippen LogP contribution in [-0.4, -0.2) is 42.2 Å². The summed E-state index contributed by atoms with van der Waals surface area (Å²) in [7, 11) is 1.38. The van der Waals surface area contributed by atoms with Gasteiger partial charge in [0.05, 0.1) is 7.11 Å². The van der Waals surface area contributed by atoms with Crippen LogP contribution in [-0.2, 0) is 11.3 Å². The third kappa shape index (κ3) is 3.31.